The summed E-state index contributed by atoms with van der Waals surface area (Å²) in [6.45, 7) is 0. The van der Waals surface area contributed by atoms with Crippen molar-refractivity contribution in [1.82, 2.24) is 0 Å². The molecule has 10 heavy (non-hydrogen) atoms. The van der Waals surface area contributed by atoms with Crippen LogP contribution in [0.1, 0.15) is 4.88 Å². The normalized spacial score (nSPS) is 16.8. The lowest BCUT2D eigenvalue weighted by atomic mass is 10.4. The van der Waals surface area contributed by atoms with Crippen molar-refractivity contribution in [3.05, 3.63) is 20.8 Å². The fourth-order valence-corrected chi connectivity index (χ4v) is 2.01. The Balaban J connectivity index is 2.96. The van der Waals surface area contributed by atoms with Crippen LogP contribution in [0.3, 0.4) is 0 Å². The largest absolute Gasteiger partial charge is 0.359 e. The lowest BCUT2D eigenvalue weighted by molar-refractivity contribution is 0.141. The van der Waals surface area contributed by atoms with Gasteiger partial charge < -0.3 is 5.11 Å². The van der Waals surface area contributed by atoms with Crippen LogP contribution >= 0.6 is 38.9 Å². The highest BCUT2D eigenvalue weighted by Gasteiger charge is 2.21. The molecule has 1 rings (SSSR count). The summed E-state index contributed by atoms with van der Waals surface area (Å²) in [7, 11) is 0. The predicted molar refractivity (Wildman–Crippen MR) is 46.0 cm³/mol. The molecule has 1 atom stereocenters. The molecular weight excluding hydrogens is 237 g/mol. The van der Waals surface area contributed by atoms with Crippen molar-refractivity contribution in [2.24, 2.45) is 5.73 Å². The average Bonchev–Trinajstić information content (AvgIpc) is 2.11. The third-order valence-corrected chi connectivity index (χ3v) is 3.04. The molecule has 56 valence electrons. The maximum absolute atomic E-state index is 9.04. The van der Waals surface area contributed by atoms with E-state index in [1.165, 1.54) is 11.3 Å². The minimum atomic E-state index is -1.73. The number of alkyl halides is 1. The zero-order valence-electron chi connectivity index (χ0n) is 4.84. The van der Waals surface area contributed by atoms with Gasteiger partial charge in [-0.3, -0.25) is 5.73 Å². The van der Waals surface area contributed by atoms with Crippen molar-refractivity contribution in [3.8, 4) is 0 Å². The summed E-state index contributed by atoms with van der Waals surface area (Å²) >= 11 is 9.91. The van der Waals surface area contributed by atoms with Gasteiger partial charge in [0.2, 0.25) is 5.18 Å². The fraction of sp³-hybridized carbons (Fsp3) is 0.200. The highest BCUT2D eigenvalue weighted by molar-refractivity contribution is 9.10. The Morgan fingerprint density at radius 3 is 2.60 bits per heavy atom. The quantitative estimate of drug-likeness (QED) is 0.448. The Labute approximate surface area is 75.7 Å². The van der Waals surface area contributed by atoms with E-state index in [1.807, 2.05) is 0 Å². The summed E-state index contributed by atoms with van der Waals surface area (Å²) in [5.41, 5.74) is 5.18. The van der Waals surface area contributed by atoms with E-state index in [0.29, 0.717) is 4.88 Å². The van der Waals surface area contributed by atoms with Crippen LogP contribution in [0, 0.1) is 0 Å². The van der Waals surface area contributed by atoms with Gasteiger partial charge in [-0.15, -0.1) is 11.3 Å². The molecular formula is C5H5BrClNOS. The summed E-state index contributed by atoms with van der Waals surface area (Å²) in [4.78, 5) is 0.529. The van der Waals surface area contributed by atoms with Crippen LogP contribution in [0.25, 0.3) is 0 Å². The van der Waals surface area contributed by atoms with Gasteiger partial charge >= 0.3 is 0 Å². The Bertz CT molecular complexity index is 232. The summed E-state index contributed by atoms with van der Waals surface area (Å²) in [6.07, 6.45) is 0. The van der Waals surface area contributed by atoms with Gasteiger partial charge in [0.25, 0.3) is 0 Å². The van der Waals surface area contributed by atoms with Gasteiger partial charge in [-0.05, 0) is 22.0 Å². The van der Waals surface area contributed by atoms with Gasteiger partial charge in [-0.1, -0.05) is 11.6 Å². The zero-order chi connectivity index (χ0) is 7.78. The smallest absolute Gasteiger partial charge is 0.227 e. The van der Waals surface area contributed by atoms with E-state index in [4.69, 9.17) is 22.4 Å². The molecule has 0 saturated heterocycles. The first kappa shape index (κ1) is 8.49. The molecule has 0 saturated carbocycles. The number of hydrogen-bond acceptors (Lipinski definition) is 3. The molecule has 1 heterocycles. The van der Waals surface area contributed by atoms with Crippen molar-refractivity contribution >= 4 is 38.9 Å². The van der Waals surface area contributed by atoms with Gasteiger partial charge in [0, 0.05) is 9.85 Å². The van der Waals surface area contributed by atoms with E-state index in [1.54, 1.807) is 11.4 Å². The van der Waals surface area contributed by atoms with Crippen molar-refractivity contribution in [1.29, 1.82) is 0 Å². The lowest BCUT2D eigenvalue weighted by Gasteiger charge is -2.10. The number of thiophene rings is 1. The number of nitrogens with two attached hydrogens (primary N) is 1. The maximum Gasteiger partial charge on any atom is 0.227 e. The molecule has 0 aromatic carbocycles. The topological polar surface area (TPSA) is 46.2 Å². The summed E-state index contributed by atoms with van der Waals surface area (Å²) in [5, 5.41) is 9.11. The van der Waals surface area contributed by atoms with Crippen LogP contribution in [0.4, 0.5) is 0 Å². The summed E-state index contributed by atoms with van der Waals surface area (Å²) in [6, 6.07) is 1.68. The van der Waals surface area contributed by atoms with Crippen LogP contribution in [0.15, 0.2) is 15.9 Å². The SMILES string of the molecule is NC(O)(Cl)c1cc(Br)cs1. The predicted octanol–water partition coefficient (Wildman–Crippen LogP) is 1.81. The van der Waals surface area contributed by atoms with Crippen molar-refractivity contribution in [2.45, 2.75) is 5.18 Å². The first-order valence-corrected chi connectivity index (χ1v) is 4.50. The third kappa shape index (κ3) is 1.93. The molecule has 0 amide bonds. The number of hydrogen-bond donors (Lipinski definition) is 2. The Hall–Kier alpha value is 0.390. The Morgan fingerprint density at radius 2 is 2.40 bits per heavy atom. The van der Waals surface area contributed by atoms with E-state index in [9.17, 15) is 0 Å². The molecule has 0 fully saturated rings. The van der Waals surface area contributed by atoms with E-state index in [0.717, 1.165) is 4.47 Å². The molecule has 0 bridgehead atoms. The van der Waals surface area contributed by atoms with E-state index >= 15 is 0 Å². The average molecular weight is 243 g/mol. The zero-order valence-corrected chi connectivity index (χ0v) is 8.00. The second-order valence-corrected chi connectivity index (χ2v) is 4.21. The highest BCUT2D eigenvalue weighted by atomic mass is 79.9. The fourth-order valence-electron chi connectivity index (χ4n) is 0.497. The van der Waals surface area contributed by atoms with Crippen molar-refractivity contribution in [3.63, 3.8) is 0 Å². The van der Waals surface area contributed by atoms with Crippen molar-refractivity contribution < 1.29 is 5.11 Å². The van der Waals surface area contributed by atoms with Gasteiger partial charge in [0.1, 0.15) is 0 Å². The molecule has 5 heteroatoms. The molecule has 0 aliphatic heterocycles. The molecule has 3 N–H and O–H groups in total. The molecule has 1 aromatic rings. The molecule has 0 aliphatic carbocycles. The van der Waals surface area contributed by atoms with Crippen molar-refractivity contribution in [2.75, 3.05) is 0 Å². The third-order valence-electron chi connectivity index (χ3n) is 0.913. The number of halogens is 2. The second-order valence-electron chi connectivity index (χ2n) is 1.80. The lowest BCUT2D eigenvalue weighted by Crippen LogP contribution is -2.27. The van der Waals surface area contributed by atoms with Crippen LogP contribution in [-0.2, 0) is 5.18 Å². The Morgan fingerprint density at radius 1 is 1.80 bits per heavy atom. The van der Waals surface area contributed by atoms with Gasteiger partial charge in [0.05, 0.1) is 4.88 Å². The molecule has 1 unspecified atom stereocenters. The second kappa shape index (κ2) is 2.79. The molecule has 2 nitrogen and oxygen atoms in total. The van der Waals surface area contributed by atoms with E-state index in [2.05, 4.69) is 15.9 Å². The number of aliphatic hydroxyl groups is 1. The minimum Gasteiger partial charge on any atom is -0.359 e. The minimum absolute atomic E-state index is 0.529. The first-order valence-electron chi connectivity index (χ1n) is 2.45. The monoisotopic (exact) mass is 241 g/mol. The maximum atomic E-state index is 9.04. The van der Waals surface area contributed by atoms with Crippen LogP contribution in [0.2, 0.25) is 0 Å². The summed E-state index contributed by atoms with van der Waals surface area (Å²) < 4.78 is 0.872. The van der Waals surface area contributed by atoms with Crippen LogP contribution < -0.4 is 5.73 Å². The highest BCUT2D eigenvalue weighted by Crippen LogP contribution is 2.28. The summed E-state index contributed by atoms with van der Waals surface area (Å²) in [5.74, 6) is 0. The molecule has 1 aromatic heterocycles. The van der Waals surface area contributed by atoms with Crippen LogP contribution in [-0.4, -0.2) is 5.11 Å². The van der Waals surface area contributed by atoms with Gasteiger partial charge in [-0.25, -0.2) is 0 Å². The molecule has 0 radical (unpaired) electrons. The molecule has 0 spiro atoms. The first-order chi connectivity index (χ1) is 4.50. The molecule has 0 aliphatic rings. The van der Waals surface area contributed by atoms with E-state index < -0.39 is 5.18 Å². The van der Waals surface area contributed by atoms with Crippen LogP contribution in [0.5, 0.6) is 0 Å². The van der Waals surface area contributed by atoms with Gasteiger partial charge in [-0.2, -0.15) is 0 Å². The number of rotatable bonds is 1. The van der Waals surface area contributed by atoms with Gasteiger partial charge in [0.15, 0.2) is 0 Å². The van der Waals surface area contributed by atoms with E-state index in [-0.39, 0.29) is 0 Å². The standard InChI is InChI=1S/C5H5BrClNOS/c6-3-1-4(10-2-3)5(7,8)9/h1-2,9H,8H2. The Kier molecular flexibility index (Phi) is 2.37.